The molecule has 0 saturated carbocycles. The zero-order valence-corrected chi connectivity index (χ0v) is 16.0. The molecular weight excluding hydrogens is 378 g/mol. The molecule has 2 N–H and O–H groups in total. The molecule has 1 aromatic carbocycles. The maximum absolute atomic E-state index is 14.0. The van der Waals surface area contributed by atoms with Crippen LogP contribution in [-0.2, 0) is 4.74 Å². The van der Waals surface area contributed by atoms with Crippen LogP contribution in [0, 0.1) is 11.6 Å². The van der Waals surface area contributed by atoms with Gasteiger partial charge in [0.25, 0.3) is 0 Å². The summed E-state index contributed by atoms with van der Waals surface area (Å²) in [7, 11) is 0. The standard InChI is InChI=1S/C20H22F2N6O/c1-13(16-3-2-14(21)10-17(16)22)25-19-11-20(24-12-23-19)26-18-4-7-28(27-18)15-5-8-29-9-6-15/h2-4,7,10-13,15H,5-6,8-9H2,1H3,(H2,23,24,25,26,27). The van der Waals surface area contributed by atoms with Gasteiger partial charge in [-0.05, 0) is 25.8 Å². The lowest BCUT2D eigenvalue weighted by molar-refractivity contribution is 0.0663. The van der Waals surface area contributed by atoms with Crippen LogP contribution in [0.25, 0.3) is 0 Å². The summed E-state index contributed by atoms with van der Waals surface area (Å²) in [5.41, 5.74) is 0.356. The largest absolute Gasteiger partial charge is 0.381 e. The highest BCUT2D eigenvalue weighted by molar-refractivity contribution is 5.55. The highest BCUT2D eigenvalue weighted by atomic mass is 19.1. The fourth-order valence-corrected chi connectivity index (χ4v) is 3.35. The van der Waals surface area contributed by atoms with Crippen molar-refractivity contribution in [1.82, 2.24) is 19.7 Å². The molecule has 3 aromatic rings. The van der Waals surface area contributed by atoms with E-state index in [0.29, 0.717) is 29.1 Å². The molecule has 3 heterocycles. The normalized spacial score (nSPS) is 15.8. The first-order valence-electron chi connectivity index (χ1n) is 9.52. The third-order valence-corrected chi connectivity index (χ3v) is 4.89. The summed E-state index contributed by atoms with van der Waals surface area (Å²) in [4.78, 5) is 8.38. The lowest BCUT2D eigenvalue weighted by Crippen LogP contribution is -2.20. The van der Waals surface area contributed by atoms with E-state index in [-0.39, 0.29) is 0 Å². The van der Waals surface area contributed by atoms with Gasteiger partial charge in [0.05, 0.1) is 12.1 Å². The van der Waals surface area contributed by atoms with Crippen LogP contribution in [0.15, 0.2) is 42.9 Å². The molecule has 9 heteroatoms. The second-order valence-electron chi connectivity index (χ2n) is 6.97. The van der Waals surface area contributed by atoms with E-state index in [9.17, 15) is 8.78 Å². The molecule has 0 bridgehead atoms. The molecular formula is C20H22F2N6O. The first kappa shape index (κ1) is 19.3. The Labute approximate surface area is 167 Å². The molecule has 0 amide bonds. The number of aromatic nitrogens is 4. The van der Waals surface area contributed by atoms with Crippen LogP contribution in [0.5, 0.6) is 0 Å². The van der Waals surface area contributed by atoms with Gasteiger partial charge in [-0.1, -0.05) is 6.07 Å². The summed E-state index contributed by atoms with van der Waals surface area (Å²) < 4.78 is 34.4. The zero-order valence-electron chi connectivity index (χ0n) is 16.0. The molecule has 0 aliphatic carbocycles. The van der Waals surface area contributed by atoms with Crippen LogP contribution in [0.1, 0.15) is 37.4 Å². The SMILES string of the molecule is CC(Nc1cc(Nc2ccn(C3CCOCC3)n2)ncn1)c1ccc(F)cc1F. The molecule has 2 aromatic heterocycles. The summed E-state index contributed by atoms with van der Waals surface area (Å²) in [5, 5.41) is 10.8. The molecule has 29 heavy (non-hydrogen) atoms. The van der Waals surface area contributed by atoms with E-state index in [4.69, 9.17) is 4.74 Å². The molecule has 1 aliphatic rings. The fraction of sp³-hybridized carbons (Fsp3) is 0.350. The lowest BCUT2D eigenvalue weighted by Gasteiger charge is -2.22. The minimum Gasteiger partial charge on any atom is -0.381 e. The number of anilines is 3. The van der Waals surface area contributed by atoms with E-state index < -0.39 is 17.7 Å². The predicted molar refractivity (Wildman–Crippen MR) is 105 cm³/mol. The Bertz CT molecular complexity index is 973. The first-order valence-corrected chi connectivity index (χ1v) is 9.52. The van der Waals surface area contributed by atoms with E-state index in [1.165, 1.54) is 18.5 Å². The Morgan fingerprint density at radius 1 is 1.07 bits per heavy atom. The molecule has 4 rings (SSSR count). The van der Waals surface area contributed by atoms with Crippen molar-refractivity contribution in [2.75, 3.05) is 23.8 Å². The molecule has 1 aliphatic heterocycles. The summed E-state index contributed by atoms with van der Waals surface area (Å²) in [6, 6.07) is 7.07. The molecule has 1 fully saturated rings. The Morgan fingerprint density at radius 3 is 2.66 bits per heavy atom. The number of halogens is 2. The van der Waals surface area contributed by atoms with Crippen molar-refractivity contribution >= 4 is 17.5 Å². The number of hydrogen-bond donors (Lipinski definition) is 2. The number of nitrogens with one attached hydrogen (secondary N) is 2. The Hall–Kier alpha value is -3.07. The Kier molecular flexibility index (Phi) is 5.66. The molecule has 7 nitrogen and oxygen atoms in total. The minimum absolute atomic E-state index is 0.341. The van der Waals surface area contributed by atoms with E-state index >= 15 is 0 Å². The average Bonchev–Trinajstić information content (AvgIpc) is 3.17. The summed E-state index contributed by atoms with van der Waals surface area (Å²) in [6.45, 7) is 3.28. The number of rotatable bonds is 6. The van der Waals surface area contributed by atoms with Gasteiger partial charge in [0.2, 0.25) is 0 Å². The van der Waals surface area contributed by atoms with Crippen molar-refractivity contribution in [3.63, 3.8) is 0 Å². The molecule has 0 spiro atoms. The second kappa shape index (κ2) is 8.52. The summed E-state index contributed by atoms with van der Waals surface area (Å²) >= 11 is 0. The van der Waals surface area contributed by atoms with Gasteiger partial charge in [-0.25, -0.2) is 18.7 Å². The van der Waals surface area contributed by atoms with Crippen molar-refractivity contribution in [3.8, 4) is 0 Å². The maximum atomic E-state index is 14.0. The van der Waals surface area contributed by atoms with Gasteiger partial charge in [0, 0.05) is 43.2 Å². The van der Waals surface area contributed by atoms with Crippen LogP contribution < -0.4 is 10.6 Å². The number of hydrogen-bond acceptors (Lipinski definition) is 6. The van der Waals surface area contributed by atoms with Gasteiger partial charge in [0.15, 0.2) is 5.82 Å². The van der Waals surface area contributed by atoms with Crippen molar-refractivity contribution in [2.45, 2.75) is 31.8 Å². The minimum atomic E-state index is -0.604. The summed E-state index contributed by atoms with van der Waals surface area (Å²) in [5.74, 6) is 0.552. The molecule has 1 saturated heterocycles. The number of benzene rings is 1. The van der Waals surface area contributed by atoms with Gasteiger partial charge >= 0.3 is 0 Å². The third-order valence-electron chi connectivity index (χ3n) is 4.89. The predicted octanol–water partition coefficient (Wildman–Crippen LogP) is 4.22. The van der Waals surface area contributed by atoms with Crippen molar-refractivity contribution in [3.05, 3.63) is 60.1 Å². The van der Waals surface area contributed by atoms with Gasteiger partial charge in [0.1, 0.15) is 29.6 Å². The zero-order chi connectivity index (χ0) is 20.2. The monoisotopic (exact) mass is 400 g/mol. The average molecular weight is 400 g/mol. The third kappa shape index (κ3) is 4.68. The topological polar surface area (TPSA) is 76.9 Å². The first-order chi connectivity index (χ1) is 14.1. The van der Waals surface area contributed by atoms with Crippen molar-refractivity contribution in [2.24, 2.45) is 0 Å². The van der Waals surface area contributed by atoms with E-state index in [2.05, 4.69) is 25.7 Å². The molecule has 152 valence electrons. The maximum Gasteiger partial charge on any atom is 0.153 e. The highest BCUT2D eigenvalue weighted by Crippen LogP contribution is 2.24. The van der Waals surface area contributed by atoms with E-state index in [1.54, 1.807) is 13.0 Å². The Balaban J connectivity index is 1.43. The van der Waals surface area contributed by atoms with Gasteiger partial charge in [-0.15, -0.1) is 0 Å². The van der Waals surface area contributed by atoms with Crippen LogP contribution in [0.4, 0.5) is 26.2 Å². The summed E-state index contributed by atoms with van der Waals surface area (Å²) in [6.07, 6.45) is 5.24. The lowest BCUT2D eigenvalue weighted by atomic mass is 10.1. The van der Waals surface area contributed by atoms with Gasteiger partial charge in [-0.3, -0.25) is 4.68 Å². The highest BCUT2D eigenvalue weighted by Gasteiger charge is 2.17. The van der Waals surface area contributed by atoms with Crippen molar-refractivity contribution < 1.29 is 13.5 Å². The van der Waals surface area contributed by atoms with Crippen LogP contribution >= 0.6 is 0 Å². The van der Waals surface area contributed by atoms with Crippen LogP contribution in [-0.4, -0.2) is 33.0 Å². The number of ether oxygens (including phenoxy) is 1. The van der Waals surface area contributed by atoms with Gasteiger partial charge in [-0.2, -0.15) is 5.10 Å². The van der Waals surface area contributed by atoms with Crippen LogP contribution in [0.2, 0.25) is 0 Å². The molecule has 1 unspecified atom stereocenters. The van der Waals surface area contributed by atoms with E-state index in [1.807, 2.05) is 16.9 Å². The quantitative estimate of drug-likeness (QED) is 0.645. The van der Waals surface area contributed by atoms with Crippen molar-refractivity contribution in [1.29, 1.82) is 0 Å². The smallest absolute Gasteiger partial charge is 0.153 e. The van der Waals surface area contributed by atoms with Gasteiger partial charge < -0.3 is 15.4 Å². The molecule has 1 atom stereocenters. The Morgan fingerprint density at radius 2 is 1.86 bits per heavy atom. The second-order valence-corrected chi connectivity index (χ2v) is 6.97. The van der Waals surface area contributed by atoms with E-state index in [0.717, 1.165) is 32.1 Å². The number of nitrogens with zero attached hydrogens (tertiary/aromatic N) is 4. The molecule has 0 radical (unpaired) electrons. The van der Waals surface area contributed by atoms with Crippen LogP contribution in [0.3, 0.4) is 0 Å². The fourth-order valence-electron chi connectivity index (χ4n) is 3.35.